The zero-order valence-electron chi connectivity index (χ0n) is 29.0. The van der Waals surface area contributed by atoms with E-state index in [0.717, 1.165) is 26.1 Å². The summed E-state index contributed by atoms with van der Waals surface area (Å²) in [6.07, 6.45) is 18.4. The summed E-state index contributed by atoms with van der Waals surface area (Å²) >= 11 is 0. The first kappa shape index (κ1) is 41.3. The van der Waals surface area contributed by atoms with E-state index in [-0.39, 0.29) is 13.2 Å². The van der Waals surface area contributed by atoms with Crippen molar-refractivity contribution in [3.8, 4) is 0 Å². The SMILES string of the molecule is CCCC[Si](CCCC)(CCCC)CCCOCC(CO)(CO)COCCC[Si](CCCC)(CCCC)CCCC. The van der Waals surface area contributed by atoms with Crippen LogP contribution in [0.4, 0.5) is 0 Å². The van der Waals surface area contributed by atoms with Crippen LogP contribution in [0.1, 0.15) is 131 Å². The molecule has 0 aromatic rings. The fourth-order valence-corrected chi connectivity index (χ4v) is 18.2. The monoisotopic (exact) mass is 617 g/mol. The highest BCUT2D eigenvalue weighted by Crippen LogP contribution is 2.34. The van der Waals surface area contributed by atoms with Crippen LogP contribution >= 0.6 is 0 Å². The molecule has 0 amide bonds. The third-order valence-corrected chi connectivity index (χ3v) is 21.2. The molecule has 0 aromatic heterocycles. The zero-order valence-corrected chi connectivity index (χ0v) is 31.0. The Morgan fingerprint density at radius 1 is 0.415 bits per heavy atom. The van der Waals surface area contributed by atoms with Crippen molar-refractivity contribution < 1.29 is 19.7 Å². The maximum Gasteiger partial charge on any atom is 0.0632 e. The van der Waals surface area contributed by atoms with Crippen molar-refractivity contribution in [1.29, 1.82) is 0 Å². The van der Waals surface area contributed by atoms with Crippen LogP contribution < -0.4 is 0 Å². The van der Waals surface area contributed by atoms with Gasteiger partial charge in [-0.2, -0.15) is 0 Å². The standard InChI is InChI=1S/C35H76O4Si2/c1-7-13-23-40(24-14-8-2,25-15-9-3)29-19-21-38-33-35(31-36,32-37)34-39-22-20-30-41(26-16-10-4,27-17-11-5)28-18-12-6/h36-37H,7-34H2,1-6H3. The van der Waals surface area contributed by atoms with Gasteiger partial charge in [0.15, 0.2) is 0 Å². The first-order valence-electron chi connectivity index (χ1n) is 18.3. The molecule has 0 atom stereocenters. The predicted molar refractivity (Wildman–Crippen MR) is 187 cm³/mol. The number of aliphatic hydroxyl groups is 2. The topological polar surface area (TPSA) is 58.9 Å². The second-order valence-corrected chi connectivity index (χ2v) is 23.7. The maximum atomic E-state index is 10.2. The molecule has 4 nitrogen and oxygen atoms in total. The highest BCUT2D eigenvalue weighted by Gasteiger charge is 2.33. The Balaban J connectivity index is 4.85. The van der Waals surface area contributed by atoms with E-state index in [2.05, 4.69) is 41.5 Å². The quantitative estimate of drug-likeness (QED) is 0.0583. The third-order valence-electron chi connectivity index (χ3n) is 9.84. The minimum absolute atomic E-state index is 0.0894. The van der Waals surface area contributed by atoms with Gasteiger partial charge in [-0.05, 0) is 12.8 Å². The van der Waals surface area contributed by atoms with Gasteiger partial charge in [0.2, 0.25) is 0 Å². The van der Waals surface area contributed by atoms with Crippen LogP contribution in [0, 0.1) is 5.41 Å². The Bertz CT molecular complexity index is 469. The Morgan fingerprint density at radius 3 is 0.878 bits per heavy atom. The van der Waals surface area contributed by atoms with Crippen LogP contribution in [0.5, 0.6) is 0 Å². The zero-order chi connectivity index (χ0) is 30.7. The number of ether oxygens (including phenoxy) is 2. The molecule has 248 valence electrons. The van der Waals surface area contributed by atoms with E-state index in [1.165, 1.54) is 125 Å². The third kappa shape index (κ3) is 18.6. The molecule has 6 heteroatoms. The molecule has 0 fully saturated rings. The summed E-state index contributed by atoms with van der Waals surface area (Å²) in [6.45, 7) is 16.0. The lowest BCUT2D eigenvalue weighted by Gasteiger charge is -2.33. The molecule has 0 radical (unpaired) electrons. The summed E-state index contributed by atoms with van der Waals surface area (Å²) in [7, 11) is -2.49. The molecule has 0 saturated carbocycles. The first-order chi connectivity index (χ1) is 19.9. The van der Waals surface area contributed by atoms with Crippen molar-refractivity contribution in [2.75, 3.05) is 39.6 Å². The lowest BCUT2D eigenvalue weighted by atomic mass is 9.92. The van der Waals surface area contributed by atoms with Crippen LogP contribution in [0.15, 0.2) is 0 Å². The van der Waals surface area contributed by atoms with Gasteiger partial charge in [-0.15, -0.1) is 0 Å². The van der Waals surface area contributed by atoms with Gasteiger partial charge >= 0.3 is 0 Å². The van der Waals surface area contributed by atoms with E-state index in [1.807, 2.05) is 0 Å². The molecule has 0 saturated heterocycles. The summed E-state index contributed by atoms with van der Waals surface area (Å²) in [5.41, 5.74) is -0.692. The summed E-state index contributed by atoms with van der Waals surface area (Å²) in [5, 5.41) is 20.4. The van der Waals surface area contributed by atoms with Gasteiger partial charge < -0.3 is 19.7 Å². The predicted octanol–water partition coefficient (Wildman–Crippen LogP) is 10.5. The smallest absolute Gasteiger partial charge is 0.0632 e. The molecule has 0 heterocycles. The summed E-state index contributed by atoms with van der Waals surface area (Å²) in [6, 6.07) is 11.6. The van der Waals surface area contributed by atoms with Crippen molar-refractivity contribution in [2.45, 2.75) is 180 Å². The molecule has 0 aliphatic carbocycles. The highest BCUT2D eigenvalue weighted by molar-refractivity contribution is 6.80. The lowest BCUT2D eigenvalue weighted by molar-refractivity contribution is -0.0767. The Kier molecular flexibility index (Phi) is 26.8. The average molecular weight is 617 g/mol. The van der Waals surface area contributed by atoms with Gasteiger partial charge in [-0.25, -0.2) is 0 Å². The molecular weight excluding hydrogens is 541 g/mol. The van der Waals surface area contributed by atoms with Crippen LogP contribution in [-0.4, -0.2) is 66.0 Å². The van der Waals surface area contributed by atoms with Crippen molar-refractivity contribution in [2.24, 2.45) is 5.41 Å². The minimum Gasteiger partial charge on any atom is -0.396 e. The number of hydrogen-bond donors (Lipinski definition) is 2. The Hall–Kier alpha value is 0.274. The Morgan fingerprint density at radius 2 is 0.659 bits per heavy atom. The highest BCUT2D eigenvalue weighted by atomic mass is 28.3. The molecule has 41 heavy (non-hydrogen) atoms. The van der Waals surface area contributed by atoms with Crippen LogP contribution in [0.25, 0.3) is 0 Å². The fourth-order valence-electron chi connectivity index (χ4n) is 6.76. The van der Waals surface area contributed by atoms with E-state index in [9.17, 15) is 10.2 Å². The maximum absolute atomic E-state index is 10.2. The van der Waals surface area contributed by atoms with Gasteiger partial charge in [0.05, 0.1) is 48.0 Å². The number of aliphatic hydroxyl groups excluding tert-OH is 2. The van der Waals surface area contributed by atoms with Crippen LogP contribution in [0.3, 0.4) is 0 Å². The number of unbranched alkanes of at least 4 members (excludes halogenated alkanes) is 6. The minimum atomic E-state index is -1.24. The largest absolute Gasteiger partial charge is 0.396 e. The average Bonchev–Trinajstić information content (AvgIpc) is 3.00. The molecule has 0 rings (SSSR count). The molecule has 0 unspecified atom stereocenters. The molecular formula is C35H76O4Si2. The Labute approximate surface area is 260 Å². The van der Waals surface area contributed by atoms with Gasteiger partial charge in [0, 0.05) is 13.2 Å². The molecule has 0 aromatic carbocycles. The van der Waals surface area contributed by atoms with Crippen molar-refractivity contribution in [1.82, 2.24) is 0 Å². The van der Waals surface area contributed by atoms with Gasteiger partial charge in [-0.3, -0.25) is 0 Å². The first-order valence-corrected chi connectivity index (χ1v) is 23.9. The fraction of sp³-hybridized carbons (Fsp3) is 1.00. The van der Waals surface area contributed by atoms with Crippen molar-refractivity contribution >= 4 is 16.1 Å². The normalized spacial score (nSPS) is 12.9. The van der Waals surface area contributed by atoms with E-state index in [1.54, 1.807) is 0 Å². The van der Waals surface area contributed by atoms with Crippen molar-refractivity contribution in [3.63, 3.8) is 0 Å². The van der Waals surface area contributed by atoms with Gasteiger partial charge in [0.25, 0.3) is 0 Å². The second kappa shape index (κ2) is 26.7. The molecule has 0 spiro atoms. The summed E-state index contributed by atoms with van der Waals surface area (Å²) < 4.78 is 12.3. The summed E-state index contributed by atoms with van der Waals surface area (Å²) in [4.78, 5) is 0. The molecule has 0 bridgehead atoms. The molecule has 2 N–H and O–H groups in total. The van der Waals surface area contributed by atoms with E-state index in [0.29, 0.717) is 13.2 Å². The van der Waals surface area contributed by atoms with Gasteiger partial charge in [-0.1, -0.05) is 167 Å². The number of hydrogen-bond acceptors (Lipinski definition) is 4. The second-order valence-electron chi connectivity index (χ2n) is 13.7. The lowest BCUT2D eigenvalue weighted by Crippen LogP contribution is -2.40. The summed E-state index contributed by atoms with van der Waals surface area (Å²) in [5.74, 6) is 0. The van der Waals surface area contributed by atoms with E-state index in [4.69, 9.17) is 9.47 Å². The molecule has 0 aliphatic heterocycles. The van der Waals surface area contributed by atoms with Gasteiger partial charge in [0.1, 0.15) is 0 Å². The van der Waals surface area contributed by atoms with Crippen molar-refractivity contribution in [3.05, 3.63) is 0 Å². The van der Waals surface area contributed by atoms with E-state index >= 15 is 0 Å². The van der Waals surface area contributed by atoms with Crippen LogP contribution in [0.2, 0.25) is 48.4 Å². The molecule has 0 aliphatic rings. The van der Waals surface area contributed by atoms with E-state index < -0.39 is 21.6 Å². The van der Waals surface area contributed by atoms with Crippen LogP contribution in [-0.2, 0) is 9.47 Å². The number of rotatable bonds is 32.